The van der Waals surface area contributed by atoms with Gasteiger partial charge in [-0.2, -0.15) is 0 Å². The second-order valence-corrected chi connectivity index (χ2v) is 4.14. The second kappa shape index (κ2) is 4.71. The highest BCUT2D eigenvalue weighted by atomic mass is 16.3. The maximum atomic E-state index is 5.78. The van der Waals surface area contributed by atoms with Gasteiger partial charge in [-0.05, 0) is 30.5 Å². The lowest BCUT2D eigenvalue weighted by molar-refractivity contribution is 0.544. The molecule has 0 radical (unpaired) electrons. The maximum Gasteiger partial charge on any atom is 0.134 e. The number of hydrogen-bond acceptors (Lipinski definition) is 2. The smallest absolute Gasteiger partial charge is 0.134 e. The molecule has 2 aromatic rings. The van der Waals surface area contributed by atoms with Crippen LogP contribution in [0.1, 0.15) is 37.2 Å². The summed E-state index contributed by atoms with van der Waals surface area (Å²) in [5, 5.41) is 1.25. The van der Waals surface area contributed by atoms with Gasteiger partial charge >= 0.3 is 0 Å². The zero-order chi connectivity index (χ0) is 11.5. The van der Waals surface area contributed by atoms with Crippen LogP contribution in [-0.2, 0) is 19.4 Å². The van der Waals surface area contributed by atoms with Gasteiger partial charge in [0.25, 0.3) is 0 Å². The standard InChI is InChI=1S/C14H19NO/c1-3-5-11-12-8-10(4-2)6-7-13(12)16-14(11)9-15/h6-8H,3-5,9,15H2,1-2H3. The third-order valence-electron chi connectivity index (χ3n) is 3.03. The Morgan fingerprint density at radius 3 is 2.69 bits per heavy atom. The minimum atomic E-state index is 0.492. The van der Waals surface area contributed by atoms with Gasteiger partial charge in [0.15, 0.2) is 0 Å². The Labute approximate surface area is 96.4 Å². The van der Waals surface area contributed by atoms with Crippen LogP contribution < -0.4 is 5.73 Å². The van der Waals surface area contributed by atoms with E-state index in [2.05, 4.69) is 32.0 Å². The molecule has 0 aliphatic rings. The van der Waals surface area contributed by atoms with E-state index in [4.69, 9.17) is 10.2 Å². The highest BCUT2D eigenvalue weighted by Gasteiger charge is 2.12. The van der Waals surface area contributed by atoms with Crippen LogP contribution in [0.5, 0.6) is 0 Å². The molecule has 0 bridgehead atoms. The third kappa shape index (κ3) is 1.85. The first-order valence-electron chi connectivity index (χ1n) is 6.03. The molecule has 1 heterocycles. The van der Waals surface area contributed by atoms with E-state index in [0.717, 1.165) is 30.6 Å². The average Bonchev–Trinajstić information content (AvgIpc) is 2.67. The number of hydrogen-bond donors (Lipinski definition) is 1. The number of benzene rings is 1. The van der Waals surface area contributed by atoms with Crippen molar-refractivity contribution in [2.45, 2.75) is 39.7 Å². The SMILES string of the molecule is CCCc1c(CN)oc2ccc(CC)cc12. The van der Waals surface area contributed by atoms with Crippen molar-refractivity contribution < 1.29 is 4.42 Å². The largest absolute Gasteiger partial charge is 0.459 e. The van der Waals surface area contributed by atoms with Crippen LogP contribution in [-0.4, -0.2) is 0 Å². The van der Waals surface area contributed by atoms with Crippen molar-refractivity contribution in [3.05, 3.63) is 35.1 Å². The quantitative estimate of drug-likeness (QED) is 0.852. The van der Waals surface area contributed by atoms with Gasteiger partial charge in [-0.3, -0.25) is 0 Å². The van der Waals surface area contributed by atoms with E-state index in [0.29, 0.717) is 6.54 Å². The number of fused-ring (bicyclic) bond motifs is 1. The lowest BCUT2D eigenvalue weighted by Gasteiger charge is -1.99. The number of furan rings is 1. The van der Waals surface area contributed by atoms with Crippen molar-refractivity contribution in [2.75, 3.05) is 0 Å². The Morgan fingerprint density at radius 1 is 1.25 bits per heavy atom. The van der Waals surface area contributed by atoms with E-state index in [1.54, 1.807) is 0 Å². The molecule has 0 fully saturated rings. The van der Waals surface area contributed by atoms with Crippen molar-refractivity contribution in [3.8, 4) is 0 Å². The van der Waals surface area contributed by atoms with Crippen LogP contribution in [0.25, 0.3) is 11.0 Å². The summed E-state index contributed by atoms with van der Waals surface area (Å²) in [6.45, 7) is 4.85. The van der Waals surface area contributed by atoms with Crippen LogP contribution in [0.2, 0.25) is 0 Å². The van der Waals surface area contributed by atoms with E-state index in [1.165, 1.54) is 16.5 Å². The normalized spacial score (nSPS) is 11.2. The van der Waals surface area contributed by atoms with Crippen molar-refractivity contribution in [1.82, 2.24) is 0 Å². The first-order chi connectivity index (χ1) is 7.80. The molecule has 2 rings (SSSR count). The molecule has 0 aliphatic carbocycles. The Kier molecular flexibility index (Phi) is 3.30. The first-order valence-corrected chi connectivity index (χ1v) is 6.03. The molecule has 2 N–H and O–H groups in total. The zero-order valence-corrected chi connectivity index (χ0v) is 10.0. The average molecular weight is 217 g/mol. The van der Waals surface area contributed by atoms with E-state index in [-0.39, 0.29) is 0 Å². The Hall–Kier alpha value is -1.28. The number of aryl methyl sites for hydroxylation is 2. The van der Waals surface area contributed by atoms with Crippen molar-refractivity contribution in [2.24, 2.45) is 5.73 Å². The van der Waals surface area contributed by atoms with E-state index < -0.39 is 0 Å². The summed E-state index contributed by atoms with van der Waals surface area (Å²) in [7, 11) is 0. The van der Waals surface area contributed by atoms with Gasteiger partial charge in [0.1, 0.15) is 11.3 Å². The molecule has 0 unspecified atom stereocenters. The summed E-state index contributed by atoms with van der Waals surface area (Å²) in [5.74, 6) is 0.949. The molecule has 86 valence electrons. The molecule has 1 aromatic carbocycles. The summed E-state index contributed by atoms with van der Waals surface area (Å²) in [4.78, 5) is 0. The van der Waals surface area contributed by atoms with Gasteiger partial charge in [0, 0.05) is 10.9 Å². The molecule has 0 saturated heterocycles. The van der Waals surface area contributed by atoms with Gasteiger partial charge in [0.2, 0.25) is 0 Å². The summed E-state index contributed by atoms with van der Waals surface area (Å²) in [6, 6.07) is 6.43. The van der Waals surface area contributed by atoms with Crippen molar-refractivity contribution >= 4 is 11.0 Å². The summed E-state index contributed by atoms with van der Waals surface area (Å²) in [5.41, 5.74) is 9.35. The van der Waals surface area contributed by atoms with Gasteiger partial charge < -0.3 is 10.2 Å². The monoisotopic (exact) mass is 217 g/mol. The minimum Gasteiger partial charge on any atom is -0.459 e. The first kappa shape index (κ1) is 11.2. The highest BCUT2D eigenvalue weighted by Crippen LogP contribution is 2.28. The minimum absolute atomic E-state index is 0.492. The number of nitrogens with two attached hydrogens (primary N) is 1. The Bertz CT molecular complexity index is 485. The Balaban J connectivity index is 2.60. The summed E-state index contributed by atoms with van der Waals surface area (Å²) in [6.07, 6.45) is 3.23. The molecule has 2 heteroatoms. The highest BCUT2D eigenvalue weighted by molar-refractivity contribution is 5.83. The molecular formula is C14H19NO. The van der Waals surface area contributed by atoms with E-state index >= 15 is 0 Å². The van der Waals surface area contributed by atoms with Crippen molar-refractivity contribution in [3.63, 3.8) is 0 Å². The molecule has 0 aliphatic heterocycles. The van der Waals surface area contributed by atoms with Gasteiger partial charge in [-0.1, -0.05) is 26.3 Å². The maximum absolute atomic E-state index is 5.78. The van der Waals surface area contributed by atoms with Crippen LogP contribution in [0.3, 0.4) is 0 Å². The molecule has 0 saturated carbocycles. The van der Waals surface area contributed by atoms with Crippen LogP contribution in [0.15, 0.2) is 22.6 Å². The fraction of sp³-hybridized carbons (Fsp3) is 0.429. The molecule has 16 heavy (non-hydrogen) atoms. The topological polar surface area (TPSA) is 39.2 Å². The zero-order valence-electron chi connectivity index (χ0n) is 10.0. The Morgan fingerprint density at radius 2 is 2.06 bits per heavy atom. The van der Waals surface area contributed by atoms with Crippen molar-refractivity contribution in [1.29, 1.82) is 0 Å². The molecule has 0 amide bonds. The molecule has 2 nitrogen and oxygen atoms in total. The molecule has 0 spiro atoms. The van der Waals surface area contributed by atoms with Crippen LogP contribution in [0, 0.1) is 0 Å². The van der Waals surface area contributed by atoms with Gasteiger partial charge in [-0.15, -0.1) is 0 Å². The van der Waals surface area contributed by atoms with Crippen LogP contribution in [0.4, 0.5) is 0 Å². The predicted octanol–water partition coefficient (Wildman–Crippen LogP) is 3.41. The van der Waals surface area contributed by atoms with Gasteiger partial charge in [0.05, 0.1) is 6.54 Å². The second-order valence-electron chi connectivity index (χ2n) is 4.14. The molecule has 0 atom stereocenters. The lowest BCUT2D eigenvalue weighted by Crippen LogP contribution is -1.98. The fourth-order valence-corrected chi connectivity index (χ4v) is 2.16. The van der Waals surface area contributed by atoms with Crippen LogP contribution >= 0.6 is 0 Å². The predicted molar refractivity (Wildman–Crippen MR) is 67.5 cm³/mol. The fourth-order valence-electron chi connectivity index (χ4n) is 2.16. The van der Waals surface area contributed by atoms with E-state index in [1.807, 2.05) is 0 Å². The molecule has 1 aromatic heterocycles. The number of rotatable bonds is 4. The third-order valence-corrected chi connectivity index (χ3v) is 3.03. The summed E-state index contributed by atoms with van der Waals surface area (Å²) >= 11 is 0. The lowest BCUT2D eigenvalue weighted by atomic mass is 10.0. The van der Waals surface area contributed by atoms with Gasteiger partial charge in [-0.25, -0.2) is 0 Å². The molecular weight excluding hydrogens is 198 g/mol. The van der Waals surface area contributed by atoms with E-state index in [9.17, 15) is 0 Å². The summed E-state index contributed by atoms with van der Waals surface area (Å²) < 4.78 is 5.78.